The predicted octanol–water partition coefficient (Wildman–Crippen LogP) is 2.85. The summed E-state index contributed by atoms with van der Waals surface area (Å²) in [5.41, 5.74) is 0. The van der Waals surface area contributed by atoms with Crippen LogP contribution >= 0.6 is 22.9 Å². The van der Waals surface area contributed by atoms with Crippen molar-refractivity contribution < 1.29 is 8.42 Å². The molecule has 0 spiro atoms. The second kappa shape index (κ2) is 5.52. The smallest absolute Gasteiger partial charge is 0.244 e. The van der Waals surface area contributed by atoms with Crippen molar-refractivity contribution in [2.45, 2.75) is 24.3 Å². The molecule has 0 amide bonds. The van der Waals surface area contributed by atoms with Gasteiger partial charge in [0.2, 0.25) is 10.0 Å². The van der Waals surface area contributed by atoms with Crippen LogP contribution in [0.3, 0.4) is 0 Å². The van der Waals surface area contributed by atoms with E-state index in [0.29, 0.717) is 16.5 Å². The summed E-state index contributed by atoms with van der Waals surface area (Å²) in [6, 6.07) is 5.43. The highest BCUT2D eigenvalue weighted by atomic mass is 35.5. The van der Waals surface area contributed by atoms with E-state index in [1.54, 1.807) is 19.2 Å². The van der Waals surface area contributed by atoms with Gasteiger partial charge >= 0.3 is 0 Å². The molecule has 0 bridgehead atoms. The zero-order chi connectivity index (χ0) is 15.2. The number of nitrogens with one attached hydrogen (secondary N) is 1. The first-order chi connectivity index (χ1) is 9.91. The molecule has 0 radical (unpaired) electrons. The molecule has 1 aromatic carbocycles. The Balaban J connectivity index is 2.14. The molecule has 1 aliphatic heterocycles. The molecule has 4 nitrogen and oxygen atoms in total. The van der Waals surface area contributed by atoms with Crippen molar-refractivity contribution in [3.05, 3.63) is 28.1 Å². The lowest BCUT2D eigenvalue weighted by atomic mass is 10.2. The topological polar surface area (TPSA) is 49.4 Å². The van der Waals surface area contributed by atoms with Gasteiger partial charge in [-0.1, -0.05) is 11.6 Å². The van der Waals surface area contributed by atoms with Gasteiger partial charge in [-0.15, -0.1) is 11.3 Å². The van der Waals surface area contributed by atoms with Gasteiger partial charge < -0.3 is 5.32 Å². The van der Waals surface area contributed by atoms with Crippen molar-refractivity contribution >= 4 is 43.0 Å². The lowest BCUT2D eigenvalue weighted by Gasteiger charge is -2.23. The SMILES string of the molecule is Cc1sc2ccc(Cl)cc2c1S(=O)(=O)N(C)C1CCNC1. The number of fused-ring (bicyclic) bond motifs is 1. The van der Waals surface area contributed by atoms with Gasteiger partial charge in [0, 0.05) is 39.6 Å². The van der Waals surface area contributed by atoms with Crippen LogP contribution in [-0.2, 0) is 10.0 Å². The minimum Gasteiger partial charge on any atom is -0.315 e. The quantitative estimate of drug-likeness (QED) is 0.931. The Morgan fingerprint density at radius 3 is 2.86 bits per heavy atom. The number of halogens is 1. The minimum atomic E-state index is -3.51. The van der Waals surface area contributed by atoms with Crippen LogP contribution in [0, 0.1) is 6.92 Å². The third kappa shape index (κ3) is 2.59. The molecule has 7 heteroatoms. The summed E-state index contributed by atoms with van der Waals surface area (Å²) in [5.74, 6) is 0. The van der Waals surface area contributed by atoms with Gasteiger partial charge in [0.1, 0.15) is 4.90 Å². The van der Waals surface area contributed by atoms with Gasteiger partial charge in [0.05, 0.1) is 0 Å². The number of likely N-dealkylation sites (N-methyl/N-ethyl adjacent to an activating group) is 1. The number of sulfonamides is 1. The maximum Gasteiger partial charge on any atom is 0.244 e. The summed E-state index contributed by atoms with van der Waals surface area (Å²) < 4.78 is 28.4. The molecule has 21 heavy (non-hydrogen) atoms. The highest BCUT2D eigenvalue weighted by molar-refractivity contribution is 7.89. The van der Waals surface area contributed by atoms with E-state index >= 15 is 0 Å². The molecule has 2 aromatic rings. The van der Waals surface area contributed by atoms with Crippen LogP contribution in [0.4, 0.5) is 0 Å². The second-order valence-corrected chi connectivity index (χ2v) is 8.92. The molecule has 0 saturated carbocycles. The molecule has 1 atom stereocenters. The molecule has 0 aliphatic carbocycles. The van der Waals surface area contributed by atoms with E-state index in [1.165, 1.54) is 15.6 Å². The van der Waals surface area contributed by atoms with E-state index in [2.05, 4.69) is 5.32 Å². The Hall–Kier alpha value is -0.660. The Morgan fingerprint density at radius 2 is 2.19 bits per heavy atom. The molecule has 1 aliphatic rings. The fourth-order valence-electron chi connectivity index (χ4n) is 2.78. The van der Waals surface area contributed by atoms with Gasteiger partial charge in [0.15, 0.2) is 0 Å². The Morgan fingerprint density at radius 1 is 1.43 bits per heavy atom. The van der Waals surface area contributed by atoms with E-state index < -0.39 is 10.0 Å². The summed E-state index contributed by atoms with van der Waals surface area (Å²) in [7, 11) is -1.84. The van der Waals surface area contributed by atoms with E-state index in [4.69, 9.17) is 11.6 Å². The summed E-state index contributed by atoms with van der Waals surface area (Å²) in [4.78, 5) is 1.21. The molecule has 3 rings (SSSR count). The first-order valence-electron chi connectivity index (χ1n) is 6.78. The summed E-state index contributed by atoms with van der Waals surface area (Å²) in [6.07, 6.45) is 0.845. The van der Waals surface area contributed by atoms with E-state index in [9.17, 15) is 8.42 Å². The third-order valence-corrected chi connectivity index (χ3v) is 7.50. The van der Waals surface area contributed by atoms with E-state index in [-0.39, 0.29) is 6.04 Å². The summed E-state index contributed by atoms with van der Waals surface area (Å²) >= 11 is 7.54. The predicted molar refractivity (Wildman–Crippen MR) is 87.8 cm³/mol. The van der Waals surface area contributed by atoms with Crippen molar-refractivity contribution in [2.75, 3.05) is 20.1 Å². The maximum atomic E-state index is 13.0. The van der Waals surface area contributed by atoms with E-state index in [1.807, 2.05) is 13.0 Å². The second-order valence-electron chi connectivity index (χ2n) is 5.30. The minimum absolute atomic E-state index is 0.0172. The lowest BCUT2D eigenvalue weighted by Crippen LogP contribution is -2.38. The van der Waals surface area contributed by atoms with Gasteiger partial charge in [-0.2, -0.15) is 4.31 Å². The molecule has 1 N–H and O–H groups in total. The van der Waals surface area contributed by atoms with Crippen molar-refractivity contribution in [2.24, 2.45) is 0 Å². The number of hydrogen-bond donors (Lipinski definition) is 1. The molecule has 1 aromatic heterocycles. The van der Waals surface area contributed by atoms with Crippen LogP contribution in [0.1, 0.15) is 11.3 Å². The molecule has 2 heterocycles. The average molecular weight is 345 g/mol. The first-order valence-corrected chi connectivity index (χ1v) is 9.42. The molecule has 1 fully saturated rings. The normalized spacial score (nSPS) is 19.7. The van der Waals surface area contributed by atoms with Crippen molar-refractivity contribution in [1.82, 2.24) is 9.62 Å². The molecule has 114 valence electrons. The van der Waals surface area contributed by atoms with Crippen LogP contribution in [0.25, 0.3) is 10.1 Å². The number of rotatable bonds is 3. The standard InChI is InChI=1S/C14H17ClN2O2S2/c1-9-14(12-7-10(15)3-4-13(12)20-9)21(18,19)17(2)11-5-6-16-8-11/h3-4,7,11,16H,5-6,8H2,1-2H3. The third-order valence-electron chi connectivity index (χ3n) is 3.95. The van der Waals surface area contributed by atoms with Crippen LogP contribution in [-0.4, -0.2) is 38.9 Å². The van der Waals surface area contributed by atoms with Gasteiger partial charge in [-0.3, -0.25) is 0 Å². The summed E-state index contributed by atoms with van der Waals surface area (Å²) in [6.45, 7) is 3.42. The van der Waals surface area contributed by atoms with Crippen LogP contribution < -0.4 is 5.32 Å². The lowest BCUT2D eigenvalue weighted by molar-refractivity contribution is 0.388. The number of aryl methyl sites for hydroxylation is 1. The van der Waals surface area contributed by atoms with Gasteiger partial charge in [-0.25, -0.2) is 8.42 Å². The maximum absolute atomic E-state index is 13.0. The van der Waals surface area contributed by atoms with Crippen molar-refractivity contribution in [1.29, 1.82) is 0 Å². The summed E-state index contributed by atoms with van der Waals surface area (Å²) in [5, 5.41) is 4.49. The number of thiophene rings is 1. The zero-order valence-electron chi connectivity index (χ0n) is 11.9. The monoisotopic (exact) mass is 344 g/mol. The highest BCUT2D eigenvalue weighted by Gasteiger charge is 2.33. The molecular weight excluding hydrogens is 328 g/mol. The van der Waals surface area contributed by atoms with Crippen LogP contribution in [0.2, 0.25) is 5.02 Å². The Labute approximate surface area is 133 Å². The Kier molecular flexibility index (Phi) is 4.00. The van der Waals surface area contributed by atoms with Crippen molar-refractivity contribution in [3.8, 4) is 0 Å². The zero-order valence-corrected chi connectivity index (χ0v) is 14.3. The van der Waals surface area contributed by atoms with E-state index in [0.717, 1.165) is 27.9 Å². The van der Waals surface area contributed by atoms with Gasteiger partial charge in [0.25, 0.3) is 0 Å². The fraction of sp³-hybridized carbons (Fsp3) is 0.429. The van der Waals surface area contributed by atoms with Crippen LogP contribution in [0.5, 0.6) is 0 Å². The van der Waals surface area contributed by atoms with Crippen molar-refractivity contribution in [3.63, 3.8) is 0 Å². The van der Waals surface area contributed by atoms with Crippen LogP contribution in [0.15, 0.2) is 23.1 Å². The first kappa shape index (κ1) is 15.2. The number of hydrogen-bond acceptors (Lipinski definition) is 4. The number of nitrogens with zero attached hydrogens (tertiary/aromatic N) is 1. The molecule has 1 unspecified atom stereocenters. The largest absolute Gasteiger partial charge is 0.315 e. The van der Waals surface area contributed by atoms with Gasteiger partial charge in [-0.05, 0) is 38.1 Å². The highest BCUT2D eigenvalue weighted by Crippen LogP contribution is 2.37. The number of benzene rings is 1. The molecule has 1 saturated heterocycles. The Bertz CT molecular complexity index is 780. The fourth-order valence-corrected chi connectivity index (χ4v) is 6.07. The average Bonchev–Trinajstić information content (AvgIpc) is 3.04. The molecular formula is C14H17ClN2O2S2.